The average Bonchev–Trinajstić information content (AvgIpc) is 2.38. The molecule has 0 radical (unpaired) electrons. The molecule has 2 fully saturated rings. The highest BCUT2D eigenvalue weighted by molar-refractivity contribution is 7.86. The number of hydrogen-bond acceptors (Lipinski definition) is 3. The van der Waals surface area contributed by atoms with Crippen LogP contribution in [0, 0.1) is 11.8 Å². The van der Waals surface area contributed by atoms with E-state index in [4.69, 9.17) is 5.73 Å². The van der Waals surface area contributed by atoms with E-state index >= 15 is 0 Å². The molecule has 2 rings (SSSR count). The van der Waals surface area contributed by atoms with Crippen LogP contribution in [-0.2, 0) is 10.2 Å². The second-order valence-electron chi connectivity index (χ2n) is 6.15. The molecular formula is C13H27N3O2S. The van der Waals surface area contributed by atoms with E-state index in [9.17, 15) is 8.42 Å². The fourth-order valence-corrected chi connectivity index (χ4v) is 5.45. The summed E-state index contributed by atoms with van der Waals surface area (Å²) in [6.07, 6.45) is 4.12. The molecule has 0 amide bonds. The van der Waals surface area contributed by atoms with Crippen molar-refractivity contribution in [1.82, 2.24) is 8.61 Å². The summed E-state index contributed by atoms with van der Waals surface area (Å²) in [6, 6.07) is -0.0315. The van der Waals surface area contributed by atoms with E-state index in [1.165, 1.54) is 0 Å². The first-order valence-corrected chi connectivity index (χ1v) is 8.83. The summed E-state index contributed by atoms with van der Waals surface area (Å²) in [5, 5.41) is 0. The average molecular weight is 289 g/mol. The van der Waals surface area contributed by atoms with E-state index in [-0.39, 0.29) is 6.04 Å². The molecule has 19 heavy (non-hydrogen) atoms. The van der Waals surface area contributed by atoms with Gasteiger partial charge in [-0.1, -0.05) is 13.8 Å². The molecule has 2 N–H and O–H groups in total. The van der Waals surface area contributed by atoms with Gasteiger partial charge in [-0.25, -0.2) is 0 Å². The molecule has 2 heterocycles. The Hall–Kier alpha value is -0.170. The minimum Gasteiger partial charge on any atom is -0.329 e. The van der Waals surface area contributed by atoms with Crippen molar-refractivity contribution in [3.63, 3.8) is 0 Å². The van der Waals surface area contributed by atoms with Crippen LogP contribution in [0.25, 0.3) is 0 Å². The van der Waals surface area contributed by atoms with E-state index in [2.05, 4.69) is 13.8 Å². The van der Waals surface area contributed by atoms with Crippen LogP contribution in [0.15, 0.2) is 0 Å². The van der Waals surface area contributed by atoms with Crippen LogP contribution in [0.4, 0.5) is 0 Å². The molecule has 0 aromatic rings. The molecule has 0 saturated carbocycles. The molecule has 3 atom stereocenters. The Kier molecular flexibility index (Phi) is 4.87. The van der Waals surface area contributed by atoms with Gasteiger partial charge in [0.2, 0.25) is 0 Å². The summed E-state index contributed by atoms with van der Waals surface area (Å²) < 4.78 is 28.9. The van der Waals surface area contributed by atoms with Crippen molar-refractivity contribution >= 4 is 10.2 Å². The van der Waals surface area contributed by atoms with Crippen LogP contribution < -0.4 is 5.73 Å². The largest absolute Gasteiger partial charge is 0.329 e. The second kappa shape index (κ2) is 6.08. The van der Waals surface area contributed by atoms with Crippen LogP contribution in [0.5, 0.6) is 0 Å². The maximum atomic E-state index is 12.8. The van der Waals surface area contributed by atoms with Gasteiger partial charge in [0, 0.05) is 32.2 Å². The summed E-state index contributed by atoms with van der Waals surface area (Å²) in [4.78, 5) is 0. The second-order valence-corrected chi connectivity index (χ2v) is 8.03. The van der Waals surface area contributed by atoms with Gasteiger partial charge in [0.1, 0.15) is 0 Å². The first-order valence-electron chi connectivity index (χ1n) is 7.43. The van der Waals surface area contributed by atoms with Gasteiger partial charge in [-0.2, -0.15) is 17.0 Å². The zero-order valence-electron chi connectivity index (χ0n) is 12.1. The van der Waals surface area contributed by atoms with Crippen molar-refractivity contribution in [3.05, 3.63) is 0 Å². The fourth-order valence-electron chi connectivity index (χ4n) is 3.35. The molecule has 2 saturated heterocycles. The molecule has 0 spiro atoms. The van der Waals surface area contributed by atoms with Gasteiger partial charge < -0.3 is 5.73 Å². The van der Waals surface area contributed by atoms with Crippen molar-refractivity contribution < 1.29 is 8.42 Å². The highest BCUT2D eigenvalue weighted by atomic mass is 32.2. The van der Waals surface area contributed by atoms with E-state index in [1.807, 2.05) is 0 Å². The Labute approximate surface area is 117 Å². The molecule has 112 valence electrons. The zero-order chi connectivity index (χ0) is 14.0. The summed E-state index contributed by atoms with van der Waals surface area (Å²) in [5.74, 6) is 0.817. The quantitative estimate of drug-likeness (QED) is 0.843. The molecule has 0 unspecified atom stereocenters. The van der Waals surface area contributed by atoms with Gasteiger partial charge in [0.15, 0.2) is 0 Å². The summed E-state index contributed by atoms with van der Waals surface area (Å²) in [5.41, 5.74) is 5.81. The highest BCUT2D eigenvalue weighted by Crippen LogP contribution is 2.28. The Bertz CT molecular complexity index is 399. The molecule has 0 bridgehead atoms. The Morgan fingerprint density at radius 1 is 1.16 bits per heavy atom. The third-order valence-corrected chi connectivity index (χ3v) is 6.58. The van der Waals surface area contributed by atoms with E-state index in [0.29, 0.717) is 38.0 Å². The van der Waals surface area contributed by atoms with Gasteiger partial charge in [-0.3, -0.25) is 0 Å². The SMILES string of the molecule is C[C@@H]1CCCN(S(=O)(=O)N2CCC[C@H](C)[C@@H]2CN)C1. The van der Waals surface area contributed by atoms with Crippen molar-refractivity contribution in [2.75, 3.05) is 26.2 Å². The predicted molar refractivity (Wildman–Crippen MR) is 76.8 cm³/mol. The molecular weight excluding hydrogens is 262 g/mol. The van der Waals surface area contributed by atoms with Gasteiger partial charge in [0.25, 0.3) is 10.2 Å². The molecule has 6 heteroatoms. The van der Waals surface area contributed by atoms with Gasteiger partial charge >= 0.3 is 0 Å². The predicted octanol–water partition coefficient (Wildman–Crippen LogP) is 1.02. The normalized spacial score (nSPS) is 35.4. The third kappa shape index (κ3) is 3.12. The maximum absolute atomic E-state index is 12.8. The first kappa shape index (κ1) is 15.2. The molecule has 0 aliphatic carbocycles. The number of piperidine rings is 2. The first-order chi connectivity index (χ1) is 8.96. The van der Waals surface area contributed by atoms with Crippen LogP contribution in [0.1, 0.15) is 39.5 Å². The minimum atomic E-state index is -3.33. The number of nitrogens with two attached hydrogens (primary N) is 1. The van der Waals surface area contributed by atoms with Crippen LogP contribution in [-0.4, -0.2) is 49.2 Å². The lowest BCUT2D eigenvalue weighted by Crippen LogP contribution is -2.56. The Morgan fingerprint density at radius 3 is 2.47 bits per heavy atom. The number of nitrogens with zero attached hydrogens (tertiary/aromatic N) is 2. The monoisotopic (exact) mass is 289 g/mol. The third-order valence-electron chi connectivity index (χ3n) is 4.55. The zero-order valence-corrected chi connectivity index (χ0v) is 12.9. The lowest BCUT2D eigenvalue weighted by Gasteiger charge is -2.42. The van der Waals surface area contributed by atoms with E-state index in [1.54, 1.807) is 8.61 Å². The maximum Gasteiger partial charge on any atom is 0.282 e. The van der Waals surface area contributed by atoms with Crippen molar-refractivity contribution in [1.29, 1.82) is 0 Å². The smallest absolute Gasteiger partial charge is 0.282 e. The van der Waals surface area contributed by atoms with Crippen LogP contribution in [0.3, 0.4) is 0 Å². The standard InChI is InChI=1S/C13H27N3O2S/c1-11-5-3-7-15(10-11)19(17,18)16-8-4-6-12(2)13(16)9-14/h11-13H,3-10,14H2,1-2H3/t11-,12+,13+/m1/s1. The number of rotatable bonds is 3. The Balaban J connectivity index is 2.17. The van der Waals surface area contributed by atoms with Gasteiger partial charge in [-0.15, -0.1) is 0 Å². The minimum absolute atomic E-state index is 0.0315. The fraction of sp³-hybridized carbons (Fsp3) is 1.00. The van der Waals surface area contributed by atoms with Crippen LogP contribution >= 0.6 is 0 Å². The Morgan fingerprint density at radius 2 is 1.84 bits per heavy atom. The van der Waals surface area contributed by atoms with E-state index in [0.717, 1.165) is 25.7 Å². The molecule has 5 nitrogen and oxygen atoms in total. The van der Waals surface area contributed by atoms with Gasteiger partial charge in [-0.05, 0) is 37.5 Å². The van der Waals surface area contributed by atoms with Crippen LogP contribution in [0.2, 0.25) is 0 Å². The van der Waals surface area contributed by atoms with Crippen molar-refractivity contribution in [3.8, 4) is 0 Å². The topological polar surface area (TPSA) is 66.6 Å². The lowest BCUT2D eigenvalue weighted by atomic mass is 9.93. The highest BCUT2D eigenvalue weighted by Gasteiger charge is 2.39. The molecule has 2 aliphatic heterocycles. The van der Waals surface area contributed by atoms with Crippen molar-refractivity contribution in [2.45, 2.75) is 45.6 Å². The lowest BCUT2D eigenvalue weighted by molar-refractivity contribution is 0.171. The number of hydrogen-bond donors (Lipinski definition) is 1. The molecule has 0 aromatic heterocycles. The molecule has 2 aliphatic rings. The van der Waals surface area contributed by atoms with Crippen molar-refractivity contribution in [2.24, 2.45) is 17.6 Å². The molecule has 0 aromatic carbocycles. The summed E-state index contributed by atoms with van der Waals surface area (Å²) >= 11 is 0. The summed E-state index contributed by atoms with van der Waals surface area (Å²) in [6.45, 7) is 6.60. The summed E-state index contributed by atoms with van der Waals surface area (Å²) in [7, 11) is -3.33. The van der Waals surface area contributed by atoms with E-state index < -0.39 is 10.2 Å². The van der Waals surface area contributed by atoms with Gasteiger partial charge in [0.05, 0.1) is 0 Å².